The fourth-order valence-corrected chi connectivity index (χ4v) is 5.22. The van der Waals surface area contributed by atoms with Gasteiger partial charge in [-0.3, -0.25) is 9.10 Å². The number of sulfonamides is 1. The first-order valence-electron chi connectivity index (χ1n) is 10.4. The lowest BCUT2D eigenvalue weighted by Gasteiger charge is -2.35. The second kappa shape index (κ2) is 9.43. The van der Waals surface area contributed by atoms with E-state index in [1.807, 2.05) is 6.92 Å². The molecule has 3 aromatic carbocycles. The van der Waals surface area contributed by atoms with Gasteiger partial charge in [0.05, 0.1) is 22.7 Å². The fourth-order valence-electron chi connectivity index (χ4n) is 3.59. The van der Waals surface area contributed by atoms with Gasteiger partial charge in [-0.2, -0.15) is 13.2 Å². The van der Waals surface area contributed by atoms with Crippen LogP contribution in [0.3, 0.4) is 0 Å². The van der Waals surface area contributed by atoms with E-state index in [-0.39, 0.29) is 40.0 Å². The van der Waals surface area contributed by atoms with Gasteiger partial charge in [-0.1, -0.05) is 41.4 Å². The Bertz CT molecular complexity index is 1360. The monoisotopic (exact) mass is 524 g/mol. The van der Waals surface area contributed by atoms with Gasteiger partial charge in [-0.15, -0.1) is 0 Å². The largest absolute Gasteiger partial charge is 0.476 e. The van der Waals surface area contributed by atoms with Crippen molar-refractivity contribution in [2.24, 2.45) is 0 Å². The molecule has 3 aromatic rings. The van der Waals surface area contributed by atoms with Crippen LogP contribution in [0.25, 0.3) is 0 Å². The van der Waals surface area contributed by atoms with Gasteiger partial charge in [0.2, 0.25) is 0 Å². The molecular formula is C24H20ClF3N2O4S. The number of ether oxygens (including phenoxy) is 1. The molecular weight excluding hydrogens is 505 g/mol. The average Bonchev–Trinajstić information content (AvgIpc) is 2.81. The maximum atomic E-state index is 13.4. The van der Waals surface area contributed by atoms with Crippen LogP contribution in [0.5, 0.6) is 5.75 Å². The smallest absolute Gasteiger partial charge is 0.416 e. The van der Waals surface area contributed by atoms with E-state index in [9.17, 15) is 26.4 Å². The Balaban J connectivity index is 1.59. The molecule has 0 aromatic heterocycles. The Morgan fingerprint density at radius 1 is 1.11 bits per heavy atom. The summed E-state index contributed by atoms with van der Waals surface area (Å²) in [5, 5.41) is 2.81. The molecule has 1 atom stereocenters. The molecule has 1 heterocycles. The van der Waals surface area contributed by atoms with Crippen LogP contribution >= 0.6 is 11.6 Å². The number of nitrogens with zero attached hydrogens (tertiary/aromatic N) is 1. The number of halogens is 4. The highest BCUT2D eigenvalue weighted by atomic mass is 35.5. The first-order valence-corrected chi connectivity index (χ1v) is 12.3. The second-order valence-corrected chi connectivity index (χ2v) is 10.3. The van der Waals surface area contributed by atoms with Gasteiger partial charge in [-0.25, -0.2) is 8.42 Å². The third kappa shape index (κ3) is 5.38. The van der Waals surface area contributed by atoms with Crippen molar-refractivity contribution in [1.29, 1.82) is 0 Å². The van der Waals surface area contributed by atoms with Crippen molar-refractivity contribution in [2.45, 2.75) is 30.6 Å². The SMILES string of the molecule is Cc1ccc(S(=O)(=O)N2CC(C(=O)NCc3cccc(C(F)(F)F)c3)Oc3ccc(Cl)cc32)cc1. The zero-order chi connectivity index (χ0) is 25.4. The molecule has 184 valence electrons. The lowest BCUT2D eigenvalue weighted by atomic mass is 10.1. The van der Waals surface area contributed by atoms with E-state index in [0.717, 1.165) is 22.0 Å². The van der Waals surface area contributed by atoms with Crippen molar-refractivity contribution in [3.05, 3.63) is 88.4 Å². The fraction of sp³-hybridized carbons (Fsp3) is 0.208. The third-order valence-electron chi connectivity index (χ3n) is 5.41. The van der Waals surface area contributed by atoms with Gasteiger partial charge >= 0.3 is 6.18 Å². The highest BCUT2D eigenvalue weighted by molar-refractivity contribution is 7.92. The summed E-state index contributed by atoms with van der Waals surface area (Å²) in [5.74, 6) is -0.539. The zero-order valence-electron chi connectivity index (χ0n) is 18.3. The molecule has 1 N–H and O–H groups in total. The predicted octanol–water partition coefficient (Wildman–Crippen LogP) is 4.94. The number of fused-ring (bicyclic) bond motifs is 1. The van der Waals surface area contributed by atoms with Crippen molar-refractivity contribution in [3.63, 3.8) is 0 Å². The Morgan fingerprint density at radius 2 is 1.83 bits per heavy atom. The van der Waals surface area contributed by atoms with E-state index in [1.165, 1.54) is 42.5 Å². The van der Waals surface area contributed by atoms with E-state index in [1.54, 1.807) is 12.1 Å². The van der Waals surface area contributed by atoms with Gasteiger partial charge < -0.3 is 10.1 Å². The molecule has 0 fully saturated rings. The number of hydrogen-bond donors (Lipinski definition) is 1. The number of rotatable bonds is 5. The topological polar surface area (TPSA) is 75.7 Å². The molecule has 35 heavy (non-hydrogen) atoms. The van der Waals surface area contributed by atoms with Crippen molar-refractivity contribution >= 4 is 33.2 Å². The molecule has 0 bridgehead atoms. The summed E-state index contributed by atoms with van der Waals surface area (Å²) in [7, 11) is -4.07. The van der Waals surface area contributed by atoms with Gasteiger partial charge in [-0.05, 0) is 55.0 Å². The van der Waals surface area contributed by atoms with Crippen LogP contribution in [-0.4, -0.2) is 27.0 Å². The van der Waals surface area contributed by atoms with Gasteiger partial charge in [0.1, 0.15) is 5.75 Å². The average molecular weight is 525 g/mol. The van der Waals surface area contributed by atoms with Crippen molar-refractivity contribution in [1.82, 2.24) is 5.32 Å². The number of aryl methyl sites for hydroxylation is 1. The molecule has 6 nitrogen and oxygen atoms in total. The number of carbonyl (C=O) groups is 1. The van der Waals surface area contributed by atoms with E-state index in [0.29, 0.717) is 0 Å². The van der Waals surface area contributed by atoms with E-state index >= 15 is 0 Å². The van der Waals surface area contributed by atoms with Crippen molar-refractivity contribution < 1.29 is 31.1 Å². The van der Waals surface area contributed by atoms with Crippen LogP contribution in [0.4, 0.5) is 18.9 Å². The Morgan fingerprint density at radius 3 is 2.51 bits per heavy atom. The zero-order valence-corrected chi connectivity index (χ0v) is 19.9. The number of nitrogens with one attached hydrogen (secondary N) is 1. The summed E-state index contributed by atoms with van der Waals surface area (Å²) in [6, 6.07) is 15.2. The number of anilines is 1. The summed E-state index contributed by atoms with van der Waals surface area (Å²) in [6.45, 7) is 1.28. The molecule has 0 saturated heterocycles. The molecule has 1 aliphatic rings. The Labute approximate surface area is 205 Å². The Kier molecular flexibility index (Phi) is 6.70. The van der Waals surface area contributed by atoms with E-state index < -0.39 is 33.8 Å². The first-order chi connectivity index (χ1) is 16.4. The van der Waals surface area contributed by atoms with Crippen LogP contribution < -0.4 is 14.4 Å². The van der Waals surface area contributed by atoms with Gasteiger partial charge in [0, 0.05) is 11.6 Å². The summed E-state index contributed by atoms with van der Waals surface area (Å²) in [4.78, 5) is 12.9. The van der Waals surface area contributed by atoms with Crippen LogP contribution in [0.1, 0.15) is 16.7 Å². The minimum atomic E-state index is -4.51. The molecule has 0 aliphatic carbocycles. The number of amides is 1. The molecule has 0 saturated carbocycles. The second-order valence-electron chi connectivity index (χ2n) is 7.98. The quantitative estimate of drug-likeness (QED) is 0.513. The normalized spacial score (nSPS) is 15.8. The highest BCUT2D eigenvalue weighted by Crippen LogP contribution is 2.39. The van der Waals surface area contributed by atoms with Crippen molar-refractivity contribution in [2.75, 3.05) is 10.8 Å². The molecule has 0 radical (unpaired) electrons. The third-order valence-corrected chi connectivity index (χ3v) is 7.44. The van der Waals surface area contributed by atoms with Crippen LogP contribution in [0.2, 0.25) is 5.02 Å². The molecule has 4 rings (SSSR count). The van der Waals surface area contributed by atoms with Gasteiger partial charge in [0.15, 0.2) is 6.10 Å². The highest BCUT2D eigenvalue weighted by Gasteiger charge is 2.38. The van der Waals surface area contributed by atoms with E-state index in [2.05, 4.69) is 5.32 Å². The maximum Gasteiger partial charge on any atom is 0.416 e. The first kappa shape index (κ1) is 24.9. The summed E-state index contributed by atoms with van der Waals surface area (Å²) in [6.07, 6.45) is -5.75. The molecule has 1 aliphatic heterocycles. The number of benzene rings is 3. The van der Waals surface area contributed by atoms with Crippen molar-refractivity contribution in [3.8, 4) is 5.75 Å². The molecule has 1 amide bonds. The lowest BCUT2D eigenvalue weighted by molar-refractivity contribution is -0.137. The maximum absolute atomic E-state index is 13.4. The standard InChI is InChI=1S/C24H20ClF3N2O4S/c1-15-5-8-19(9-6-15)35(32,33)30-14-22(34-21-10-7-18(25)12-20(21)30)23(31)29-13-16-3-2-4-17(11-16)24(26,27)28/h2-12,22H,13-14H2,1H3,(H,29,31). The lowest BCUT2D eigenvalue weighted by Crippen LogP contribution is -2.50. The minimum Gasteiger partial charge on any atom is -0.476 e. The number of alkyl halides is 3. The van der Waals surface area contributed by atoms with Crippen LogP contribution in [0.15, 0.2) is 71.6 Å². The Hall–Kier alpha value is -3.24. The number of carbonyl (C=O) groups excluding carboxylic acids is 1. The predicted molar refractivity (Wildman–Crippen MR) is 125 cm³/mol. The summed E-state index contributed by atoms with van der Waals surface area (Å²) in [5.41, 5.74) is 0.459. The van der Waals surface area contributed by atoms with E-state index in [4.69, 9.17) is 16.3 Å². The molecule has 0 spiro atoms. The summed E-state index contributed by atoms with van der Waals surface area (Å²) < 4.78 is 72.6. The van der Waals surface area contributed by atoms with Crippen LogP contribution in [-0.2, 0) is 27.5 Å². The van der Waals surface area contributed by atoms with Gasteiger partial charge in [0.25, 0.3) is 15.9 Å². The molecule has 11 heteroatoms. The summed E-state index contributed by atoms with van der Waals surface area (Å²) >= 11 is 6.08. The number of hydrogen-bond acceptors (Lipinski definition) is 4. The molecule has 1 unspecified atom stereocenters. The van der Waals surface area contributed by atoms with Crippen LogP contribution in [0, 0.1) is 6.92 Å². The minimum absolute atomic E-state index is 0.0269.